The standard InChI is InChI=1S/C12H15N3O4/c1-19-8-4-5-9(11(7-8)15(17)18)14-10-3-2-6-13-12(10)16/h4-5,7,10,14H,2-3,6H2,1H3,(H,13,16). The summed E-state index contributed by atoms with van der Waals surface area (Å²) < 4.78 is 4.96. The van der Waals surface area contributed by atoms with Gasteiger partial charge in [0.15, 0.2) is 0 Å². The number of amides is 1. The maximum Gasteiger partial charge on any atom is 0.296 e. The molecule has 1 aliphatic rings. The van der Waals surface area contributed by atoms with Gasteiger partial charge in [-0.1, -0.05) is 0 Å². The van der Waals surface area contributed by atoms with E-state index in [2.05, 4.69) is 10.6 Å². The molecule has 1 amide bonds. The molecule has 2 N–H and O–H groups in total. The normalized spacial score (nSPS) is 18.6. The Balaban J connectivity index is 2.23. The van der Waals surface area contributed by atoms with E-state index in [0.29, 0.717) is 24.4 Å². The first-order valence-electron chi connectivity index (χ1n) is 5.98. The van der Waals surface area contributed by atoms with Gasteiger partial charge in [0.25, 0.3) is 5.69 Å². The number of piperidine rings is 1. The number of hydrogen-bond acceptors (Lipinski definition) is 5. The third kappa shape index (κ3) is 2.93. The minimum atomic E-state index is -0.494. The van der Waals surface area contributed by atoms with Crippen molar-refractivity contribution in [3.63, 3.8) is 0 Å². The lowest BCUT2D eigenvalue weighted by Crippen LogP contribution is -2.44. The number of anilines is 1. The molecule has 0 aliphatic carbocycles. The highest BCUT2D eigenvalue weighted by atomic mass is 16.6. The smallest absolute Gasteiger partial charge is 0.296 e. The second kappa shape index (κ2) is 5.55. The Morgan fingerprint density at radius 1 is 1.53 bits per heavy atom. The van der Waals surface area contributed by atoms with Crippen LogP contribution in [0, 0.1) is 10.1 Å². The zero-order valence-electron chi connectivity index (χ0n) is 10.5. The number of carbonyl (C=O) groups excluding carboxylic acids is 1. The summed E-state index contributed by atoms with van der Waals surface area (Å²) in [6.07, 6.45) is 1.52. The molecule has 1 aromatic rings. The van der Waals surface area contributed by atoms with Crippen molar-refractivity contribution in [1.82, 2.24) is 5.32 Å². The summed E-state index contributed by atoms with van der Waals surface area (Å²) in [5, 5.41) is 16.7. The Morgan fingerprint density at radius 3 is 2.95 bits per heavy atom. The van der Waals surface area contributed by atoms with Crippen LogP contribution in [0.5, 0.6) is 5.75 Å². The zero-order chi connectivity index (χ0) is 13.8. The van der Waals surface area contributed by atoms with Crippen molar-refractivity contribution < 1.29 is 14.5 Å². The lowest BCUT2D eigenvalue weighted by molar-refractivity contribution is -0.384. The molecule has 1 heterocycles. The molecule has 102 valence electrons. The van der Waals surface area contributed by atoms with Crippen LogP contribution in [-0.2, 0) is 4.79 Å². The number of benzene rings is 1. The van der Waals surface area contributed by atoms with Gasteiger partial charge in [-0.05, 0) is 25.0 Å². The lowest BCUT2D eigenvalue weighted by Gasteiger charge is -2.23. The van der Waals surface area contributed by atoms with E-state index in [1.54, 1.807) is 12.1 Å². The van der Waals surface area contributed by atoms with Gasteiger partial charge in [0, 0.05) is 6.54 Å². The summed E-state index contributed by atoms with van der Waals surface area (Å²) in [7, 11) is 1.45. The van der Waals surface area contributed by atoms with Crippen molar-refractivity contribution >= 4 is 17.3 Å². The van der Waals surface area contributed by atoms with Gasteiger partial charge < -0.3 is 15.4 Å². The minimum Gasteiger partial charge on any atom is -0.496 e. The summed E-state index contributed by atoms with van der Waals surface area (Å²) in [6, 6.07) is 4.08. The number of rotatable bonds is 4. The summed E-state index contributed by atoms with van der Waals surface area (Å²) in [6.45, 7) is 0.654. The van der Waals surface area contributed by atoms with Crippen LogP contribution in [0.1, 0.15) is 12.8 Å². The summed E-state index contributed by atoms with van der Waals surface area (Å²) >= 11 is 0. The molecule has 1 aromatic carbocycles. The third-order valence-electron chi connectivity index (χ3n) is 3.02. The van der Waals surface area contributed by atoms with Crippen LogP contribution >= 0.6 is 0 Å². The molecule has 0 radical (unpaired) electrons. The van der Waals surface area contributed by atoms with Crippen LogP contribution in [-0.4, -0.2) is 30.5 Å². The van der Waals surface area contributed by atoms with E-state index in [1.807, 2.05) is 0 Å². The van der Waals surface area contributed by atoms with Crippen molar-refractivity contribution in [1.29, 1.82) is 0 Å². The minimum absolute atomic E-state index is 0.0993. The van der Waals surface area contributed by atoms with E-state index >= 15 is 0 Å². The van der Waals surface area contributed by atoms with E-state index in [9.17, 15) is 14.9 Å². The fraction of sp³-hybridized carbons (Fsp3) is 0.417. The Labute approximate surface area is 110 Å². The molecule has 1 fully saturated rings. The Kier molecular flexibility index (Phi) is 3.84. The average molecular weight is 265 g/mol. The van der Waals surface area contributed by atoms with Crippen LogP contribution in [0.15, 0.2) is 18.2 Å². The molecule has 19 heavy (non-hydrogen) atoms. The van der Waals surface area contributed by atoms with E-state index < -0.39 is 11.0 Å². The highest BCUT2D eigenvalue weighted by molar-refractivity contribution is 5.86. The van der Waals surface area contributed by atoms with E-state index in [-0.39, 0.29) is 11.6 Å². The van der Waals surface area contributed by atoms with Crippen molar-refractivity contribution in [3.05, 3.63) is 28.3 Å². The summed E-state index contributed by atoms with van der Waals surface area (Å²) in [5.41, 5.74) is 0.227. The molecule has 0 saturated carbocycles. The molecule has 1 aliphatic heterocycles. The Hall–Kier alpha value is -2.31. The number of nitro benzene ring substituents is 1. The molecular formula is C12H15N3O4. The number of methoxy groups -OCH3 is 1. The van der Waals surface area contributed by atoms with E-state index in [0.717, 1.165) is 6.42 Å². The summed E-state index contributed by atoms with van der Waals surface area (Å²) in [4.78, 5) is 22.2. The van der Waals surface area contributed by atoms with Gasteiger partial charge in [-0.3, -0.25) is 14.9 Å². The molecule has 7 nitrogen and oxygen atoms in total. The number of nitrogens with zero attached hydrogens (tertiary/aromatic N) is 1. The van der Waals surface area contributed by atoms with Crippen LogP contribution < -0.4 is 15.4 Å². The van der Waals surface area contributed by atoms with Gasteiger partial charge in [-0.2, -0.15) is 0 Å². The van der Waals surface area contributed by atoms with Gasteiger partial charge >= 0.3 is 0 Å². The quantitative estimate of drug-likeness (QED) is 0.632. The molecule has 0 bridgehead atoms. The first kappa shape index (κ1) is 13.1. The zero-order valence-corrected chi connectivity index (χ0v) is 10.5. The Bertz CT molecular complexity index is 504. The number of nitro groups is 1. The summed E-state index contributed by atoms with van der Waals surface area (Å²) in [5.74, 6) is 0.279. The monoisotopic (exact) mass is 265 g/mol. The second-order valence-electron chi connectivity index (χ2n) is 4.27. The van der Waals surface area contributed by atoms with E-state index in [4.69, 9.17) is 4.74 Å². The van der Waals surface area contributed by atoms with Crippen molar-refractivity contribution in [2.75, 3.05) is 19.0 Å². The van der Waals surface area contributed by atoms with Gasteiger partial charge in [-0.25, -0.2) is 0 Å². The topological polar surface area (TPSA) is 93.5 Å². The van der Waals surface area contributed by atoms with Crippen LogP contribution in [0.4, 0.5) is 11.4 Å². The first-order valence-corrected chi connectivity index (χ1v) is 5.98. The van der Waals surface area contributed by atoms with Crippen LogP contribution in [0.2, 0.25) is 0 Å². The second-order valence-corrected chi connectivity index (χ2v) is 4.27. The van der Waals surface area contributed by atoms with Crippen LogP contribution in [0.3, 0.4) is 0 Å². The predicted molar refractivity (Wildman–Crippen MR) is 69.3 cm³/mol. The molecule has 1 atom stereocenters. The van der Waals surface area contributed by atoms with Gasteiger partial charge in [0.2, 0.25) is 5.91 Å². The third-order valence-corrected chi connectivity index (χ3v) is 3.02. The lowest BCUT2D eigenvalue weighted by atomic mass is 10.1. The predicted octanol–water partition coefficient (Wildman–Crippen LogP) is 1.29. The molecule has 0 aromatic heterocycles. The molecule has 2 rings (SSSR count). The number of nitrogens with one attached hydrogen (secondary N) is 2. The largest absolute Gasteiger partial charge is 0.496 e. The van der Waals surface area contributed by atoms with Crippen molar-refractivity contribution in [3.8, 4) is 5.75 Å². The van der Waals surface area contributed by atoms with Crippen molar-refractivity contribution in [2.45, 2.75) is 18.9 Å². The average Bonchev–Trinajstić information content (AvgIpc) is 2.41. The maximum atomic E-state index is 11.6. The van der Waals surface area contributed by atoms with Gasteiger partial charge in [0.05, 0.1) is 18.1 Å². The van der Waals surface area contributed by atoms with Crippen LogP contribution in [0.25, 0.3) is 0 Å². The molecule has 7 heteroatoms. The number of ether oxygens (including phenoxy) is 1. The van der Waals surface area contributed by atoms with Gasteiger partial charge in [-0.15, -0.1) is 0 Å². The fourth-order valence-electron chi connectivity index (χ4n) is 2.01. The Morgan fingerprint density at radius 2 is 2.32 bits per heavy atom. The highest BCUT2D eigenvalue weighted by Gasteiger charge is 2.25. The molecule has 1 saturated heterocycles. The molecule has 0 spiro atoms. The SMILES string of the molecule is COc1ccc(NC2CCCNC2=O)c([N+](=O)[O-])c1. The highest BCUT2D eigenvalue weighted by Crippen LogP contribution is 2.30. The number of carbonyl (C=O) groups is 1. The fourth-order valence-corrected chi connectivity index (χ4v) is 2.01. The number of hydrogen-bond donors (Lipinski definition) is 2. The first-order chi connectivity index (χ1) is 9.11. The van der Waals surface area contributed by atoms with Crippen molar-refractivity contribution in [2.24, 2.45) is 0 Å². The molecule has 1 unspecified atom stereocenters. The maximum absolute atomic E-state index is 11.6. The van der Waals surface area contributed by atoms with E-state index in [1.165, 1.54) is 13.2 Å². The molecular weight excluding hydrogens is 250 g/mol. The van der Waals surface area contributed by atoms with Gasteiger partial charge in [0.1, 0.15) is 17.5 Å².